The highest BCUT2D eigenvalue weighted by molar-refractivity contribution is 8.00. The molecule has 2 heterocycles. The molecule has 0 saturated carbocycles. The van der Waals surface area contributed by atoms with Gasteiger partial charge < -0.3 is 15.3 Å². The predicted octanol–water partition coefficient (Wildman–Crippen LogP) is 0.938. The van der Waals surface area contributed by atoms with Gasteiger partial charge in [0.2, 0.25) is 5.91 Å². The van der Waals surface area contributed by atoms with E-state index in [9.17, 15) is 14.7 Å². The number of nitrogens with zero attached hydrogens (tertiary/aromatic N) is 1. The Balaban J connectivity index is 1.83. The van der Waals surface area contributed by atoms with Gasteiger partial charge in [-0.3, -0.25) is 9.59 Å². The van der Waals surface area contributed by atoms with Gasteiger partial charge in [0.25, 0.3) is 5.91 Å². The maximum atomic E-state index is 12.3. The molecule has 3 rings (SSSR count). The smallest absolute Gasteiger partial charge is 0.254 e. The lowest BCUT2D eigenvalue weighted by Gasteiger charge is -2.19. The lowest BCUT2D eigenvalue weighted by atomic mass is 10.1. The average Bonchev–Trinajstić information content (AvgIpc) is 2.83. The molecule has 2 aliphatic heterocycles. The molecule has 1 saturated heterocycles. The number of hydrogen-bond acceptors (Lipinski definition) is 4. The van der Waals surface area contributed by atoms with Crippen molar-refractivity contribution in [3.05, 3.63) is 23.8 Å². The molecule has 0 spiro atoms. The first-order valence-electron chi connectivity index (χ1n) is 6.17. The number of β-amino-alcohol motifs (C(OH)–C–C–N with tert-alkyl or cyclic N) is 1. The number of benzene rings is 1. The van der Waals surface area contributed by atoms with E-state index in [0.29, 0.717) is 36.5 Å². The molecule has 1 unspecified atom stereocenters. The third kappa shape index (κ3) is 2.46. The van der Waals surface area contributed by atoms with Gasteiger partial charge in [0, 0.05) is 23.5 Å². The first-order valence-corrected chi connectivity index (χ1v) is 7.16. The predicted molar refractivity (Wildman–Crippen MR) is 72.3 cm³/mol. The Morgan fingerprint density at radius 3 is 3.05 bits per heavy atom. The van der Waals surface area contributed by atoms with Gasteiger partial charge in [-0.05, 0) is 24.6 Å². The van der Waals surface area contributed by atoms with E-state index in [1.54, 1.807) is 17.0 Å². The molecule has 19 heavy (non-hydrogen) atoms. The number of thioether (sulfide) groups is 1. The van der Waals surface area contributed by atoms with Crippen LogP contribution >= 0.6 is 11.8 Å². The Hall–Kier alpha value is -1.53. The van der Waals surface area contributed by atoms with Crippen LogP contribution < -0.4 is 5.32 Å². The number of fused-ring (bicyclic) bond motifs is 1. The van der Waals surface area contributed by atoms with E-state index in [-0.39, 0.29) is 11.8 Å². The summed E-state index contributed by atoms with van der Waals surface area (Å²) in [6.07, 6.45) is 0.209. The number of hydrogen-bond donors (Lipinski definition) is 2. The largest absolute Gasteiger partial charge is 0.391 e. The molecular formula is C13H14N2O3S. The zero-order valence-corrected chi connectivity index (χ0v) is 11.1. The van der Waals surface area contributed by atoms with Crippen molar-refractivity contribution in [3.8, 4) is 0 Å². The van der Waals surface area contributed by atoms with Crippen LogP contribution in [0.2, 0.25) is 0 Å². The number of rotatable bonds is 1. The molecule has 1 aromatic rings. The van der Waals surface area contributed by atoms with Gasteiger partial charge in [0.05, 0.1) is 17.5 Å². The molecule has 0 aliphatic carbocycles. The normalized spacial score (nSPS) is 22.1. The molecule has 2 amide bonds. The van der Waals surface area contributed by atoms with Crippen LogP contribution in [-0.4, -0.2) is 46.8 Å². The van der Waals surface area contributed by atoms with Gasteiger partial charge in [0.1, 0.15) is 0 Å². The minimum absolute atomic E-state index is 0.0429. The summed E-state index contributed by atoms with van der Waals surface area (Å²) in [5.74, 6) is 0.279. The molecule has 2 N–H and O–H groups in total. The fourth-order valence-electron chi connectivity index (χ4n) is 2.33. The zero-order valence-electron chi connectivity index (χ0n) is 10.3. The van der Waals surface area contributed by atoms with Crippen LogP contribution in [-0.2, 0) is 4.79 Å². The quantitative estimate of drug-likeness (QED) is 0.802. The standard InChI is InChI=1S/C13H14N2O3S/c16-9-3-4-15(6-9)13(18)8-1-2-11-10(5-8)14-12(17)7-19-11/h1-2,5,9,16H,3-4,6-7H2,(H,14,17). The van der Waals surface area contributed by atoms with Gasteiger partial charge in [-0.25, -0.2) is 0 Å². The highest BCUT2D eigenvalue weighted by atomic mass is 32.2. The molecular weight excluding hydrogens is 264 g/mol. The van der Waals surface area contributed by atoms with E-state index in [4.69, 9.17) is 0 Å². The SMILES string of the molecule is O=C1CSc2ccc(C(=O)N3CCC(O)C3)cc2N1. The number of amides is 2. The molecule has 5 nitrogen and oxygen atoms in total. The fourth-order valence-corrected chi connectivity index (χ4v) is 3.11. The fraction of sp³-hybridized carbons (Fsp3) is 0.385. The van der Waals surface area contributed by atoms with Crippen molar-refractivity contribution in [1.29, 1.82) is 0 Å². The summed E-state index contributed by atoms with van der Waals surface area (Å²) in [4.78, 5) is 26.2. The second-order valence-corrected chi connectivity index (χ2v) is 5.76. The Labute approximate surface area is 115 Å². The molecule has 1 atom stereocenters. The van der Waals surface area contributed by atoms with Gasteiger partial charge in [-0.15, -0.1) is 11.8 Å². The first kappa shape index (κ1) is 12.5. The molecule has 2 aliphatic rings. The van der Waals surface area contributed by atoms with E-state index in [1.165, 1.54) is 11.8 Å². The highest BCUT2D eigenvalue weighted by Crippen LogP contribution is 2.32. The number of carbonyl (C=O) groups excluding carboxylic acids is 2. The maximum Gasteiger partial charge on any atom is 0.254 e. The molecule has 0 radical (unpaired) electrons. The third-order valence-corrected chi connectivity index (χ3v) is 4.38. The summed E-state index contributed by atoms with van der Waals surface area (Å²) in [5, 5.41) is 12.2. The van der Waals surface area contributed by atoms with Gasteiger partial charge in [0.15, 0.2) is 0 Å². The van der Waals surface area contributed by atoms with Crippen molar-refractivity contribution in [3.63, 3.8) is 0 Å². The van der Waals surface area contributed by atoms with Crippen molar-refractivity contribution in [2.75, 3.05) is 24.2 Å². The minimum Gasteiger partial charge on any atom is -0.391 e. The Morgan fingerprint density at radius 2 is 2.32 bits per heavy atom. The molecule has 1 aromatic carbocycles. The topological polar surface area (TPSA) is 69.6 Å². The van der Waals surface area contributed by atoms with Crippen LogP contribution in [0.15, 0.2) is 23.1 Å². The van der Waals surface area contributed by atoms with Gasteiger partial charge >= 0.3 is 0 Å². The lowest BCUT2D eigenvalue weighted by molar-refractivity contribution is -0.113. The van der Waals surface area contributed by atoms with Crippen LogP contribution in [0.3, 0.4) is 0 Å². The third-order valence-electron chi connectivity index (χ3n) is 3.31. The molecule has 6 heteroatoms. The number of likely N-dealkylation sites (tertiary alicyclic amines) is 1. The van der Waals surface area contributed by atoms with Crippen molar-refractivity contribution in [1.82, 2.24) is 4.90 Å². The first-order chi connectivity index (χ1) is 9.13. The minimum atomic E-state index is -0.420. The molecule has 1 fully saturated rings. The molecule has 0 bridgehead atoms. The van der Waals surface area contributed by atoms with Gasteiger partial charge in [-0.1, -0.05) is 0 Å². The van der Waals surface area contributed by atoms with Crippen molar-refractivity contribution in [2.45, 2.75) is 17.4 Å². The van der Waals surface area contributed by atoms with E-state index in [1.807, 2.05) is 6.07 Å². The summed E-state index contributed by atoms with van der Waals surface area (Å²) in [5.41, 5.74) is 1.25. The van der Waals surface area contributed by atoms with E-state index >= 15 is 0 Å². The Morgan fingerprint density at radius 1 is 1.47 bits per heavy atom. The van der Waals surface area contributed by atoms with Crippen LogP contribution in [0.25, 0.3) is 0 Å². The maximum absolute atomic E-state index is 12.3. The average molecular weight is 278 g/mol. The second-order valence-electron chi connectivity index (χ2n) is 4.74. The Bertz CT molecular complexity index is 547. The van der Waals surface area contributed by atoms with Crippen LogP contribution in [0, 0.1) is 0 Å². The van der Waals surface area contributed by atoms with Crippen LogP contribution in [0.1, 0.15) is 16.8 Å². The van der Waals surface area contributed by atoms with Crippen LogP contribution in [0.4, 0.5) is 5.69 Å². The summed E-state index contributed by atoms with van der Waals surface area (Å²) in [6.45, 7) is 0.967. The Kier molecular flexibility index (Phi) is 3.20. The number of nitrogens with one attached hydrogen (secondary N) is 1. The number of anilines is 1. The monoisotopic (exact) mass is 278 g/mol. The van der Waals surface area contributed by atoms with Crippen LogP contribution in [0.5, 0.6) is 0 Å². The number of aliphatic hydroxyl groups is 1. The number of carbonyl (C=O) groups is 2. The van der Waals surface area contributed by atoms with E-state index in [0.717, 1.165) is 4.90 Å². The highest BCUT2D eigenvalue weighted by Gasteiger charge is 2.26. The zero-order chi connectivity index (χ0) is 13.4. The van der Waals surface area contributed by atoms with Crippen molar-refractivity contribution in [2.24, 2.45) is 0 Å². The molecule has 100 valence electrons. The molecule has 0 aromatic heterocycles. The van der Waals surface area contributed by atoms with E-state index < -0.39 is 6.10 Å². The van der Waals surface area contributed by atoms with Gasteiger partial charge in [-0.2, -0.15) is 0 Å². The second kappa shape index (κ2) is 4.86. The summed E-state index contributed by atoms with van der Waals surface area (Å²) >= 11 is 1.47. The van der Waals surface area contributed by atoms with Crippen molar-refractivity contribution < 1.29 is 14.7 Å². The van der Waals surface area contributed by atoms with Crippen molar-refractivity contribution >= 4 is 29.3 Å². The summed E-state index contributed by atoms with van der Waals surface area (Å²) in [7, 11) is 0. The number of aliphatic hydroxyl groups excluding tert-OH is 1. The summed E-state index contributed by atoms with van der Waals surface area (Å²) < 4.78 is 0. The summed E-state index contributed by atoms with van der Waals surface area (Å²) in [6, 6.07) is 5.35. The van der Waals surface area contributed by atoms with E-state index in [2.05, 4.69) is 5.32 Å². The lowest BCUT2D eigenvalue weighted by Crippen LogP contribution is -2.29.